The van der Waals surface area contributed by atoms with Gasteiger partial charge in [-0.25, -0.2) is 0 Å². The summed E-state index contributed by atoms with van der Waals surface area (Å²) in [5.74, 6) is -1.21. The van der Waals surface area contributed by atoms with Gasteiger partial charge < -0.3 is 5.11 Å². The van der Waals surface area contributed by atoms with E-state index in [9.17, 15) is 30.3 Å². The molecular formula is C6H6N3O7P. The molecule has 0 saturated heterocycles. The summed E-state index contributed by atoms with van der Waals surface area (Å²) in [4.78, 5) is 27.8. The minimum atomic E-state index is -1.21. The first-order valence-electron chi connectivity index (χ1n) is 3.64. The second-order valence-electron chi connectivity index (χ2n) is 2.60. The van der Waals surface area contributed by atoms with Crippen molar-refractivity contribution >= 4 is 27.0 Å². The van der Waals surface area contributed by atoms with Gasteiger partial charge in [-0.15, -0.1) is 0 Å². The van der Waals surface area contributed by atoms with Crippen molar-refractivity contribution in [2.24, 2.45) is 0 Å². The highest BCUT2D eigenvalue weighted by atomic mass is 31.0. The standard InChI is InChI=1S/C6H3N3O7.H3P/c10-6-4(8(13)14)1-3(7(11)12)2-5(6)9(15)16;/h1-2,10H;1H3. The van der Waals surface area contributed by atoms with Crippen molar-refractivity contribution in [3.05, 3.63) is 42.5 Å². The van der Waals surface area contributed by atoms with Crippen molar-refractivity contribution < 1.29 is 19.9 Å². The van der Waals surface area contributed by atoms with E-state index in [1.165, 1.54) is 0 Å². The fourth-order valence-corrected chi connectivity index (χ4v) is 0.974. The predicted molar refractivity (Wildman–Crippen MR) is 59.2 cm³/mol. The quantitative estimate of drug-likeness (QED) is 0.488. The van der Waals surface area contributed by atoms with E-state index in [2.05, 4.69) is 0 Å². The summed E-state index contributed by atoms with van der Waals surface area (Å²) in [6, 6.07) is 0.894. The summed E-state index contributed by atoms with van der Waals surface area (Å²) < 4.78 is 0. The van der Waals surface area contributed by atoms with E-state index < -0.39 is 37.6 Å². The zero-order chi connectivity index (χ0) is 12.5. The number of aromatic hydroxyl groups is 1. The highest BCUT2D eigenvalue weighted by Gasteiger charge is 2.29. The third-order valence-corrected chi connectivity index (χ3v) is 1.66. The van der Waals surface area contributed by atoms with Crippen LogP contribution < -0.4 is 0 Å². The number of nitro benzene ring substituents is 3. The molecule has 0 amide bonds. The molecule has 1 atom stereocenters. The Bertz CT molecular complexity index is 467. The first-order valence-corrected chi connectivity index (χ1v) is 3.64. The van der Waals surface area contributed by atoms with E-state index in [0.717, 1.165) is 0 Å². The van der Waals surface area contributed by atoms with Crippen LogP contribution >= 0.6 is 9.90 Å². The van der Waals surface area contributed by atoms with Crippen LogP contribution in [0.3, 0.4) is 0 Å². The lowest BCUT2D eigenvalue weighted by atomic mass is 10.2. The number of phenolic OH excluding ortho intramolecular Hbond substituents is 1. The number of hydrogen-bond donors (Lipinski definition) is 1. The Hall–Kier alpha value is -2.35. The lowest BCUT2D eigenvalue weighted by Gasteiger charge is -1.97. The van der Waals surface area contributed by atoms with Gasteiger partial charge in [0.1, 0.15) is 0 Å². The van der Waals surface area contributed by atoms with E-state index in [1.54, 1.807) is 0 Å². The second kappa shape index (κ2) is 5.12. The number of nitro groups is 3. The molecule has 1 aromatic carbocycles. The summed E-state index contributed by atoms with van der Waals surface area (Å²) in [6.07, 6.45) is 0. The Morgan fingerprint density at radius 1 is 0.882 bits per heavy atom. The Kier molecular flexibility index (Phi) is 4.41. The summed E-state index contributed by atoms with van der Waals surface area (Å²) in [6.45, 7) is 0. The van der Waals surface area contributed by atoms with Crippen molar-refractivity contribution in [3.63, 3.8) is 0 Å². The van der Waals surface area contributed by atoms with Gasteiger partial charge in [-0.3, -0.25) is 30.3 Å². The number of rotatable bonds is 3. The van der Waals surface area contributed by atoms with Crippen LogP contribution in [0.4, 0.5) is 17.1 Å². The van der Waals surface area contributed by atoms with Gasteiger partial charge in [0, 0.05) is 0 Å². The normalized spacial score (nSPS) is 9.18. The summed E-state index contributed by atoms with van der Waals surface area (Å²) >= 11 is 0. The SMILES string of the molecule is O=[N+]([O-])c1cc([N+](=O)[O-])c(O)c([N+](=O)[O-])c1.P. The van der Waals surface area contributed by atoms with Crippen LogP contribution in [0.25, 0.3) is 0 Å². The summed E-state index contributed by atoms with van der Waals surface area (Å²) in [7, 11) is 0. The maximum atomic E-state index is 10.4. The van der Waals surface area contributed by atoms with Gasteiger partial charge in [-0.2, -0.15) is 9.90 Å². The van der Waals surface area contributed by atoms with Gasteiger partial charge in [0.2, 0.25) is 0 Å². The van der Waals surface area contributed by atoms with Crippen LogP contribution in [0.2, 0.25) is 0 Å². The molecule has 0 saturated carbocycles. The van der Waals surface area contributed by atoms with Crippen LogP contribution in [0, 0.1) is 30.3 Å². The third-order valence-electron chi connectivity index (χ3n) is 1.66. The predicted octanol–water partition coefficient (Wildman–Crippen LogP) is 1.17. The molecule has 0 bridgehead atoms. The number of hydrogen-bond acceptors (Lipinski definition) is 7. The second-order valence-corrected chi connectivity index (χ2v) is 2.60. The first kappa shape index (κ1) is 14.7. The molecule has 1 aromatic rings. The maximum Gasteiger partial charge on any atom is 0.324 e. The van der Waals surface area contributed by atoms with E-state index in [-0.39, 0.29) is 9.90 Å². The van der Waals surface area contributed by atoms with E-state index in [0.29, 0.717) is 12.1 Å². The highest BCUT2D eigenvalue weighted by molar-refractivity contribution is 6.92. The smallest absolute Gasteiger partial charge is 0.324 e. The first-order chi connectivity index (χ1) is 7.34. The van der Waals surface area contributed by atoms with Gasteiger partial charge in [0.25, 0.3) is 11.4 Å². The Labute approximate surface area is 95.9 Å². The average Bonchev–Trinajstić information content (AvgIpc) is 2.16. The van der Waals surface area contributed by atoms with E-state index >= 15 is 0 Å². The molecule has 92 valence electrons. The summed E-state index contributed by atoms with van der Waals surface area (Å²) in [5.41, 5.74) is -3.00. The van der Waals surface area contributed by atoms with Gasteiger partial charge >= 0.3 is 11.4 Å². The largest absolute Gasteiger partial charge is 0.497 e. The number of non-ortho nitro benzene ring substituents is 1. The van der Waals surface area contributed by atoms with Crippen LogP contribution in [0.15, 0.2) is 12.1 Å². The minimum absolute atomic E-state index is 0. The molecule has 1 rings (SSSR count). The van der Waals surface area contributed by atoms with Crippen LogP contribution in [-0.2, 0) is 0 Å². The molecule has 10 nitrogen and oxygen atoms in total. The molecule has 17 heavy (non-hydrogen) atoms. The number of benzene rings is 1. The van der Waals surface area contributed by atoms with Crippen LogP contribution in [0.5, 0.6) is 5.75 Å². The summed E-state index contributed by atoms with van der Waals surface area (Å²) in [5, 5.41) is 40.2. The molecule has 1 unspecified atom stereocenters. The van der Waals surface area contributed by atoms with E-state index in [1.807, 2.05) is 0 Å². The molecule has 0 fully saturated rings. The molecule has 1 N–H and O–H groups in total. The van der Waals surface area contributed by atoms with Crippen molar-refractivity contribution in [1.29, 1.82) is 0 Å². The molecule has 0 aliphatic carbocycles. The van der Waals surface area contributed by atoms with Crippen molar-refractivity contribution in [3.8, 4) is 5.75 Å². The minimum Gasteiger partial charge on any atom is -0.497 e. The van der Waals surface area contributed by atoms with Crippen molar-refractivity contribution in [2.75, 3.05) is 0 Å². The lowest BCUT2D eigenvalue weighted by molar-refractivity contribution is -0.404. The highest BCUT2D eigenvalue weighted by Crippen LogP contribution is 2.38. The van der Waals surface area contributed by atoms with Gasteiger partial charge in [-0.05, 0) is 0 Å². The Balaban J connectivity index is 0.00000256. The lowest BCUT2D eigenvalue weighted by Crippen LogP contribution is -1.97. The van der Waals surface area contributed by atoms with Crippen molar-refractivity contribution in [1.82, 2.24) is 0 Å². The van der Waals surface area contributed by atoms with E-state index in [4.69, 9.17) is 5.11 Å². The monoisotopic (exact) mass is 263 g/mol. The fraction of sp³-hybridized carbons (Fsp3) is 0. The maximum absolute atomic E-state index is 10.4. The molecule has 0 aliphatic heterocycles. The Morgan fingerprint density at radius 3 is 1.47 bits per heavy atom. The molecule has 0 aliphatic rings. The zero-order valence-electron chi connectivity index (χ0n) is 8.10. The topological polar surface area (TPSA) is 150 Å². The molecule has 0 spiro atoms. The van der Waals surface area contributed by atoms with Gasteiger partial charge in [0.15, 0.2) is 0 Å². The van der Waals surface area contributed by atoms with Crippen LogP contribution in [0.1, 0.15) is 0 Å². The average molecular weight is 263 g/mol. The van der Waals surface area contributed by atoms with Gasteiger partial charge in [0.05, 0.1) is 26.9 Å². The van der Waals surface area contributed by atoms with Crippen LogP contribution in [-0.4, -0.2) is 19.9 Å². The zero-order valence-corrected chi connectivity index (χ0v) is 9.51. The molecule has 0 heterocycles. The molecule has 0 aromatic heterocycles. The fourth-order valence-electron chi connectivity index (χ4n) is 0.974. The molecular weight excluding hydrogens is 257 g/mol. The molecule has 11 heteroatoms. The Morgan fingerprint density at radius 2 is 1.24 bits per heavy atom. The number of nitrogens with zero attached hydrogens (tertiary/aromatic N) is 3. The number of phenols is 1. The van der Waals surface area contributed by atoms with Gasteiger partial charge in [-0.1, -0.05) is 0 Å². The molecule has 0 radical (unpaired) electrons. The third kappa shape index (κ3) is 2.82. The van der Waals surface area contributed by atoms with Crippen molar-refractivity contribution in [2.45, 2.75) is 0 Å².